The van der Waals surface area contributed by atoms with Crippen molar-refractivity contribution in [1.29, 1.82) is 0 Å². The van der Waals surface area contributed by atoms with Crippen molar-refractivity contribution in [3.8, 4) is 0 Å². The summed E-state index contributed by atoms with van der Waals surface area (Å²) < 4.78 is 0. The maximum Gasteiger partial charge on any atom is 0.0829 e. The fraction of sp³-hybridized carbons (Fsp3) is 0.250. The Morgan fingerprint density at radius 2 is 1.79 bits per heavy atom. The van der Waals surface area contributed by atoms with Crippen molar-refractivity contribution >= 4 is 11.4 Å². The summed E-state index contributed by atoms with van der Waals surface area (Å²) in [6, 6.07) is 15.7. The predicted molar refractivity (Wildman–Crippen MR) is 80.1 cm³/mol. The molecule has 0 amide bonds. The predicted octanol–water partition coefficient (Wildman–Crippen LogP) is 2.90. The SMILES string of the molecule is Cc1cccc(NC(C)(CO)c2ccccc2)c1N. The molecule has 0 saturated carbocycles. The zero-order valence-corrected chi connectivity index (χ0v) is 11.4. The van der Waals surface area contributed by atoms with Crippen LogP contribution >= 0.6 is 0 Å². The van der Waals surface area contributed by atoms with Crippen LogP contribution in [0.3, 0.4) is 0 Å². The molecular weight excluding hydrogens is 236 g/mol. The molecule has 0 radical (unpaired) electrons. The van der Waals surface area contributed by atoms with E-state index in [0.29, 0.717) is 0 Å². The van der Waals surface area contributed by atoms with Gasteiger partial charge in [-0.05, 0) is 31.0 Å². The van der Waals surface area contributed by atoms with E-state index in [4.69, 9.17) is 5.73 Å². The number of nitrogens with two attached hydrogens (primary N) is 1. The number of nitrogens with one attached hydrogen (secondary N) is 1. The van der Waals surface area contributed by atoms with E-state index in [2.05, 4.69) is 5.32 Å². The molecule has 0 aliphatic heterocycles. The summed E-state index contributed by atoms with van der Waals surface area (Å²) in [6.45, 7) is 3.92. The van der Waals surface area contributed by atoms with E-state index in [9.17, 15) is 5.11 Å². The first-order valence-electron chi connectivity index (χ1n) is 6.36. The van der Waals surface area contributed by atoms with Crippen molar-refractivity contribution in [1.82, 2.24) is 0 Å². The molecule has 0 saturated heterocycles. The summed E-state index contributed by atoms with van der Waals surface area (Å²) >= 11 is 0. The molecule has 0 spiro atoms. The number of rotatable bonds is 4. The monoisotopic (exact) mass is 256 g/mol. The number of benzene rings is 2. The first-order chi connectivity index (χ1) is 9.07. The number of hydrogen-bond donors (Lipinski definition) is 3. The Bertz CT molecular complexity index is 554. The molecule has 0 aromatic heterocycles. The van der Waals surface area contributed by atoms with Crippen molar-refractivity contribution in [2.45, 2.75) is 19.4 Å². The summed E-state index contributed by atoms with van der Waals surface area (Å²) in [4.78, 5) is 0. The molecule has 3 heteroatoms. The largest absolute Gasteiger partial charge is 0.397 e. The number of aliphatic hydroxyl groups is 1. The number of para-hydroxylation sites is 1. The first-order valence-corrected chi connectivity index (χ1v) is 6.36. The lowest BCUT2D eigenvalue weighted by molar-refractivity contribution is 0.224. The number of anilines is 2. The zero-order chi connectivity index (χ0) is 13.9. The second-order valence-electron chi connectivity index (χ2n) is 5.02. The van der Waals surface area contributed by atoms with Gasteiger partial charge in [0.15, 0.2) is 0 Å². The molecule has 19 heavy (non-hydrogen) atoms. The molecule has 0 aliphatic carbocycles. The van der Waals surface area contributed by atoms with Gasteiger partial charge in [0, 0.05) is 0 Å². The second-order valence-corrected chi connectivity index (χ2v) is 5.02. The van der Waals surface area contributed by atoms with Crippen LogP contribution in [-0.2, 0) is 5.54 Å². The van der Waals surface area contributed by atoms with Gasteiger partial charge in [-0.15, -0.1) is 0 Å². The molecule has 2 aromatic rings. The van der Waals surface area contributed by atoms with Gasteiger partial charge in [0.1, 0.15) is 0 Å². The number of nitrogen functional groups attached to an aromatic ring is 1. The molecular formula is C16H20N2O. The Labute approximate surface area is 114 Å². The quantitative estimate of drug-likeness (QED) is 0.737. The average molecular weight is 256 g/mol. The molecule has 0 bridgehead atoms. The van der Waals surface area contributed by atoms with Gasteiger partial charge in [-0.25, -0.2) is 0 Å². The van der Waals surface area contributed by atoms with Crippen molar-refractivity contribution in [2.75, 3.05) is 17.7 Å². The highest BCUT2D eigenvalue weighted by Gasteiger charge is 2.26. The maximum atomic E-state index is 9.76. The van der Waals surface area contributed by atoms with Crippen molar-refractivity contribution in [3.05, 3.63) is 59.7 Å². The Morgan fingerprint density at radius 1 is 1.11 bits per heavy atom. The third-order valence-electron chi connectivity index (χ3n) is 3.46. The second kappa shape index (κ2) is 5.33. The summed E-state index contributed by atoms with van der Waals surface area (Å²) in [5.41, 5.74) is 9.15. The fourth-order valence-electron chi connectivity index (χ4n) is 2.10. The van der Waals surface area contributed by atoms with E-state index in [0.717, 1.165) is 22.5 Å². The summed E-state index contributed by atoms with van der Waals surface area (Å²) in [6.07, 6.45) is 0. The number of aliphatic hydroxyl groups excluding tert-OH is 1. The Hall–Kier alpha value is -2.00. The maximum absolute atomic E-state index is 9.76. The molecule has 1 atom stereocenters. The van der Waals surface area contributed by atoms with E-state index in [-0.39, 0.29) is 6.61 Å². The molecule has 0 heterocycles. The minimum absolute atomic E-state index is 0.00953. The van der Waals surface area contributed by atoms with E-state index in [1.807, 2.05) is 62.4 Å². The first kappa shape index (κ1) is 13.4. The molecule has 4 N–H and O–H groups in total. The smallest absolute Gasteiger partial charge is 0.0829 e. The third kappa shape index (κ3) is 2.71. The lowest BCUT2D eigenvalue weighted by atomic mass is 9.92. The molecule has 2 rings (SSSR count). The molecule has 0 aliphatic rings. The van der Waals surface area contributed by atoms with Crippen LogP contribution in [0, 0.1) is 6.92 Å². The number of aryl methyl sites for hydroxylation is 1. The van der Waals surface area contributed by atoms with E-state index in [1.54, 1.807) is 0 Å². The Morgan fingerprint density at radius 3 is 2.42 bits per heavy atom. The van der Waals surface area contributed by atoms with Gasteiger partial charge in [0.05, 0.1) is 23.5 Å². The normalized spacial score (nSPS) is 13.8. The minimum Gasteiger partial charge on any atom is -0.397 e. The van der Waals surface area contributed by atoms with Crippen LogP contribution in [0.5, 0.6) is 0 Å². The van der Waals surface area contributed by atoms with E-state index in [1.165, 1.54) is 0 Å². The van der Waals surface area contributed by atoms with Gasteiger partial charge in [-0.1, -0.05) is 42.5 Å². The van der Waals surface area contributed by atoms with Crippen LogP contribution in [0.25, 0.3) is 0 Å². The van der Waals surface area contributed by atoms with Crippen LogP contribution in [0.2, 0.25) is 0 Å². The molecule has 2 aromatic carbocycles. The van der Waals surface area contributed by atoms with E-state index < -0.39 is 5.54 Å². The highest BCUT2D eigenvalue weighted by molar-refractivity contribution is 5.70. The number of hydrogen-bond acceptors (Lipinski definition) is 3. The van der Waals surface area contributed by atoms with Crippen molar-refractivity contribution < 1.29 is 5.11 Å². The van der Waals surface area contributed by atoms with Crippen LogP contribution in [-0.4, -0.2) is 11.7 Å². The molecule has 100 valence electrons. The van der Waals surface area contributed by atoms with Crippen LogP contribution < -0.4 is 11.1 Å². The molecule has 3 nitrogen and oxygen atoms in total. The fourth-order valence-corrected chi connectivity index (χ4v) is 2.10. The van der Waals surface area contributed by atoms with Gasteiger partial charge in [-0.2, -0.15) is 0 Å². The van der Waals surface area contributed by atoms with Gasteiger partial charge >= 0.3 is 0 Å². The van der Waals surface area contributed by atoms with Crippen molar-refractivity contribution in [2.24, 2.45) is 0 Å². The minimum atomic E-state index is -0.552. The Kier molecular flexibility index (Phi) is 3.76. The summed E-state index contributed by atoms with van der Waals surface area (Å²) in [5.74, 6) is 0. The van der Waals surface area contributed by atoms with Crippen molar-refractivity contribution in [3.63, 3.8) is 0 Å². The standard InChI is InChI=1S/C16H20N2O/c1-12-7-6-10-14(15(12)17)18-16(2,11-19)13-8-4-3-5-9-13/h3-10,18-19H,11,17H2,1-2H3. The lowest BCUT2D eigenvalue weighted by Gasteiger charge is -2.31. The summed E-state index contributed by atoms with van der Waals surface area (Å²) in [5, 5.41) is 13.1. The van der Waals surface area contributed by atoms with Gasteiger partial charge in [0.2, 0.25) is 0 Å². The molecule has 1 unspecified atom stereocenters. The highest BCUT2D eigenvalue weighted by Crippen LogP contribution is 2.30. The van der Waals surface area contributed by atoms with Crippen LogP contribution in [0.15, 0.2) is 48.5 Å². The highest BCUT2D eigenvalue weighted by atomic mass is 16.3. The topological polar surface area (TPSA) is 58.3 Å². The van der Waals surface area contributed by atoms with E-state index >= 15 is 0 Å². The summed E-state index contributed by atoms with van der Waals surface area (Å²) in [7, 11) is 0. The molecule has 0 fully saturated rings. The average Bonchev–Trinajstić information content (AvgIpc) is 2.45. The van der Waals surface area contributed by atoms with Gasteiger partial charge in [-0.3, -0.25) is 0 Å². The Balaban J connectivity index is 2.36. The lowest BCUT2D eigenvalue weighted by Crippen LogP contribution is -2.36. The van der Waals surface area contributed by atoms with Gasteiger partial charge < -0.3 is 16.2 Å². The van der Waals surface area contributed by atoms with Crippen LogP contribution in [0.4, 0.5) is 11.4 Å². The zero-order valence-electron chi connectivity index (χ0n) is 11.4. The van der Waals surface area contributed by atoms with Gasteiger partial charge in [0.25, 0.3) is 0 Å². The third-order valence-corrected chi connectivity index (χ3v) is 3.46. The van der Waals surface area contributed by atoms with Crippen LogP contribution in [0.1, 0.15) is 18.1 Å².